The van der Waals surface area contributed by atoms with Gasteiger partial charge in [-0.1, -0.05) is 65.7 Å². The number of methoxy groups -OCH3 is 1. The molecule has 4 nitrogen and oxygen atoms in total. The average Bonchev–Trinajstić information content (AvgIpc) is 2.85. The molecule has 2 N–H and O–H groups in total. The number of aromatic nitrogens is 1. The molecule has 2 heterocycles. The van der Waals surface area contributed by atoms with Gasteiger partial charge in [0, 0.05) is 39.4 Å². The molecule has 5 rings (SSSR count). The molecule has 6 heteroatoms. The van der Waals surface area contributed by atoms with Crippen LogP contribution in [0.2, 0.25) is 10.0 Å². The lowest BCUT2D eigenvalue weighted by molar-refractivity contribution is -0.0253. The molecule has 34 heavy (non-hydrogen) atoms. The summed E-state index contributed by atoms with van der Waals surface area (Å²) in [6, 6.07) is 25.5. The first-order valence-corrected chi connectivity index (χ1v) is 12.1. The van der Waals surface area contributed by atoms with Gasteiger partial charge in [0.05, 0.1) is 18.2 Å². The van der Waals surface area contributed by atoms with E-state index in [-0.39, 0.29) is 5.92 Å². The van der Waals surface area contributed by atoms with Crippen LogP contribution in [-0.4, -0.2) is 35.9 Å². The predicted molar refractivity (Wildman–Crippen MR) is 138 cm³/mol. The second kappa shape index (κ2) is 9.55. The molecule has 0 spiro atoms. The van der Waals surface area contributed by atoms with Crippen molar-refractivity contribution in [3.63, 3.8) is 0 Å². The van der Waals surface area contributed by atoms with E-state index in [9.17, 15) is 5.11 Å². The van der Waals surface area contributed by atoms with Crippen LogP contribution in [-0.2, 0) is 0 Å². The van der Waals surface area contributed by atoms with Crippen LogP contribution in [0.15, 0.2) is 78.9 Å². The molecule has 3 unspecified atom stereocenters. The summed E-state index contributed by atoms with van der Waals surface area (Å²) in [7, 11) is 1.62. The first kappa shape index (κ1) is 23.1. The highest BCUT2D eigenvalue weighted by Crippen LogP contribution is 2.49. The van der Waals surface area contributed by atoms with E-state index in [1.165, 1.54) is 0 Å². The van der Waals surface area contributed by atoms with Gasteiger partial charge in [0.15, 0.2) is 0 Å². The van der Waals surface area contributed by atoms with E-state index >= 15 is 0 Å². The van der Waals surface area contributed by atoms with Gasteiger partial charge < -0.3 is 15.2 Å². The SMILES string of the molecule is COc1nc2ccc(Cl)cc2cc1C(c1ccc(Cl)cc1)C1(O)CCNCC1c1ccccc1. The number of ether oxygens (including phenoxy) is 1. The van der Waals surface area contributed by atoms with Crippen LogP contribution in [0.3, 0.4) is 0 Å². The Balaban J connectivity index is 1.76. The number of halogens is 2. The van der Waals surface area contributed by atoms with E-state index in [4.69, 9.17) is 32.9 Å². The number of fused-ring (bicyclic) bond motifs is 1. The fourth-order valence-electron chi connectivity index (χ4n) is 5.23. The maximum absolute atomic E-state index is 12.6. The van der Waals surface area contributed by atoms with Gasteiger partial charge in [-0.15, -0.1) is 0 Å². The summed E-state index contributed by atoms with van der Waals surface area (Å²) in [5.74, 6) is -0.0423. The molecule has 1 aliphatic heterocycles. The normalized spacial score (nSPS) is 21.4. The summed E-state index contributed by atoms with van der Waals surface area (Å²) in [6.45, 7) is 1.37. The molecule has 1 fully saturated rings. The Hall–Kier alpha value is -2.63. The number of aliphatic hydroxyl groups is 1. The van der Waals surface area contributed by atoms with Gasteiger partial charge in [-0.25, -0.2) is 4.98 Å². The van der Waals surface area contributed by atoms with Gasteiger partial charge in [-0.2, -0.15) is 0 Å². The number of nitrogens with zero attached hydrogens (tertiary/aromatic N) is 1. The molecular formula is C28H26Cl2N2O2. The largest absolute Gasteiger partial charge is 0.481 e. The molecule has 0 amide bonds. The molecule has 174 valence electrons. The summed E-state index contributed by atoms with van der Waals surface area (Å²) >= 11 is 12.5. The number of piperidine rings is 1. The van der Waals surface area contributed by atoms with E-state index < -0.39 is 11.5 Å². The highest BCUT2D eigenvalue weighted by molar-refractivity contribution is 6.31. The molecule has 3 atom stereocenters. The van der Waals surface area contributed by atoms with Gasteiger partial charge in [0.2, 0.25) is 5.88 Å². The predicted octanol–water partition coefficient (Wildman–Crippen LogP) is 6.19. The molecule has 3 aromatic carbocycles. The fraction of sp³-hybridized carbons (Fsp3) is 0.250. The maximum Gasteiger partial charge on any atom is 0.217 e. The van der Waals surface area contributed by atoms with Crippen molar-refractivity contribution >= 4 is 34.1 Å². The third kappa shape index (κ3) is 4.27. The first-order chi connectivity index (χ1) is 16.5. The number of nitrogens with one attached hydrogen (secondary N) is 1. The van der Waals surface area contributed by atoms with Crippen LogP contribution in [0, 0.1) is 0 Å². The Morgan fingerprint density at radius 3 is 2.47 bits per heavy atom. The van der Waals surface area contributed by atoms with E-state index in [0.29, 0.717) is 35.4 Å². The highest BCUT2D eigenvalue weighted by atomic mass is 35.5. The third-order valence-electron chi connectivity index (χ3n) is 6.83. The second-order valence-corrected chi connectivity index (χ2v) is 9.69. The zero-order valence-corrected chi connectivity index (χ0v) is 20.4. The van der Waals surface area contributed by atoms with Crippen LogP contribution in [0.4, 0.5) is 0 Å². The highest BCUT2D eigenvalue weighted by Gasteiger charge is 2.48. The third-order valence-corrected chi connectivity index (χ3v) is 7.32. The Morgan fingerprint density at radius 1 is 1.00 bits per heavy atom. The smallest absolute Gasteiger partial charge is 0.217 e. The maximum atomic E-state index is 12.6. The minimum atomic E-state index is -1.10. The van der Waals surface area contributed by atoms with Gasteiger partial charge in [0.25, 0.3) is 0 Å². The van der Waals surface area contributed by atoms with Crippen molar-refractivity contribution in [2.24, 2.45) is 0 Å². The lowest BCUT2D eigenvalue weighted by Crippen LogP contribution is -2.52. The molecule has 1 saturated heterocycles. The van der Waals surface area contributed by atoms with Crippen LogP contribution >= 0.6 is 23.2 Å². The van der Waals surface area contributed by atoms with Gasteiger partial charge >= 0.3 is 0 Å². The van der Waals surface area contributed by atoms with Gasteiger partial charge in [0.1, 0.15) is 0 Å². The van der Waals surface area contributed by atoms with E-state index in [1.807, 2.05) is 66.7 Å². The standard InChI is InChI=1S/C28H26Cl2N2O2/c1-34-27-23(16-20-15-22(30)11-12-25(20)32-27)26(19-7-9-21(29)10-8-19)28(33)13-14-31-17-24(28)18-5-3-2-4-6-18/h2-12,15-16,24,26,31,33H,13-14,17H2,1H3. The van der Waals surface area contributed by atoms with Crippen molar-refractivity contribution in [2.75, 3.05) is 20.2 Å². The number of rotatable bonds is 5. The Morgan fingerprint density at radius 2 is 1.74 bits per heavy atom. The molecular weight excluding hydrogens is 467 g/mol. The summed E-state index contributed by atoms with van der Waals surface area (Å²) in [4.78, 5) is 4.79. The number of hydrogen-bond acceptors (Lipinski definition) is 4. The van der Waals surface area contributed by atoms with Gasteiger partial charge in [-0.05, 0) is 60.5 Å². The monoisotopic (exact) mass is 492 g/mol. The van der Waals surface area contributed by atoms with Crippen LogP contribution in [0.25, 0.3) is 10.9 Å². The first-order valence-electron chi connectivity index (χ1n) is 11.4. The Labute approximate surface area is 209 Å². The molecule has 1 aliphatic rings. The molecule has 0 aliphatic carbocycles. The van der Waals surface area contributed by atoms with Gasteiger partial charge in [-0.3, -0.25) is 0 Å². The molecule has 0 radical (unpaired) electrons. The van der Waals surface area contributed by atoms with Crippen molar-refractivity contribution in [2.45, 2.75) is 23.9 Å². The molecule has 0 bridgehead atoms. The lowest BCUT2D eigenvalue weighted by atomic mass is 9.65. The van der Waals surface area contributed by atoms with Crippen molar-refractivity contribution in [1.82, 2.24) is 10.3 Å². The van der Waals surface area contributed by atoms with Crippen LogP contribution < -0.4 is 10.1 Å². The zero-order valence-electron chi connectivity index (χ0n) is 18.8. The molecule has 4 aromatic rings. The lowest BCUT2D eigenvalue weighted by Gasteiger charge is -2.46. The Kier molecular flexibility index (Phi) is 6.50. The number of pyridine rings is 1. The van der Waals surface area contributed by atoms with Crippen molar-refractivity contribution in [3.05, 3.63) is 106 Å². The van der Waals surface area contributed by atoms with Crippen LogP contribution in [0.5, 0.6) is 5.88 Å². The fourth-order valence-corrected chi connectivity index (χ4v) is 5.54. The van der Waals surface area contributed by atoms with E-state index in [1.54, 1.807) is 7.11 Å². The van der Waals surface area contributed by atoms with E-state index in [0.717, 1.165) is 27.6 Å². The van der Waals surface area contributed by atoms with Crippen molar-refractivity contribution < 1.29 is 9.84 Å². The minimum absolute atomic E-state index is 0.136. The summed E-state index contributed by atoms with van der Waals surface area (Å²) in [5, 5.41) is 18.2. The topological polar surface area (TPSA) is 54.4 Å². The van der Waals surface area contributed by atoms with Crippen molar-refractivity contribution in [1.29, 1.82) is 0 Å². The van der Waals surface area contributed by atoms with Crippen molar-refractivity contribution in [3.8, 4) is 5.88 Å². The quantitative estimate of drug-likeness (QED) is 0.348. The number of hydrogen-bond donors (Lipinski definition) is 2. The number of benzene rings is 3. The summed E-state index contributed by atoms with van der Waals surface area (Å²) in [5.41, 5.74) is 2.56. The zero-order chi connectivity index (χ0) is 23.7. The molecule has 0 saturated carbocycles. The average molecular weight is 493 g/mol. The molecule has 1 aromatic heterocycles. The summed E-state index contributed by atoms with van der Waals surface area (Å²) < 4.78 is 5.79. The van der Waals surface area contributed by atoms with Crippen LogP contribution in [0.1, 0.15) is 34.9 Å². The Bertz CT molecular complexity index is 1300. The van der Waals surface area contributed by atoms with E-state index in [2.05, 4.69) is 17.4 Å². The second-order valence-electron chi connectivity index (χ2n) is 8.82. The summed E-state index contributed by atoms with van der Waals surface area (Å²) in [6.07, 6.45) is 0.566. The minimum Gasteiger partial charge on any atom is -0.481 e.